The molecule has 146 valence electrons. The van der Waals surface area contributed by atoms with E-state index in [1.54, 1.807) is 0 Å². The average Bonchev–Trinajstić information content (AvgIpc) is 2.57. The van der Waals surface area contributed by atoms with E-state index in [9.17, 15) is 9.59 Å². The first kappa shape index (κ1) is 19.4. The highest BCUT2D eigenvalue weighted by molar-refractivity contribution is 5.73. The van der Waals surface area contributed by atoms with Crippen LogP contribution in [0, 0.1) is 34.5 Å². The zero-order valence-electron chi connectivity index (χ0n) is 17.1. The maximum atomic E-state index is 12.6. The van der Waals surface area contributed by atoms with Gasteiger partial charge in [-0.3, -0.25) is 9.59 Å². The Morgan fingerprint density at radius 1 is 1.19 bits per heavy atom. The summed E-state index contributed by atoms with van der Waals surface area (Å²) in [6, 6.07) is 0. The highest BCUT2D eigenvalue weighted by atomic mass is 16.5. The Kier molecular flexibility index (Phi) is 5.00. The van der Waals surface area contributed by atoms with Crippen molar-refractivity contribution in [1.29, 1.82) is 0 Å². The highest BCUT2D eigenvalue weighted by Gasteiger charge is 2.60. The molecule has 0 N–H and O–H groups in total. The summed E-state index contributed by atoms with van der Waals surface area (Å²) in [4.78, 5) is 24.1. The second-order valence-electron chi connectivity index (χ2n) is 9.42. The van der Waals surface area contributed by atoms with Gasteiger partial charge in [0.05, 0.1) is 13.0 Å². The molecule has 3 rings (SSSR count). The number of esters is 2. The molecular formula is C22H34O4. The molecule has 2 fully saturated rings. The van der Waals surface area contributed by atoms with Crippen LogP contribution in [0.1, 0.15) is 66.7 Å². The molecule has 0 amide bonds. The molecule has 0 radical (unpaired) electrons. The van der Waals surface area contributed by atoms with Gasteiger partial charge in [0.1, 0.15) is 6.10 Å². The van der Waals surface area contributed by atoms with E-state index in [1.165, 1.54) is 19.6 Å². The van der Waals surface area contributed by atoms with Gasteiger partial charge >= 0.3 is 11.9 Å². The van der Waals surface area contributed by atoms with Gasteiger partial charge in [-0.25, -0.2) is 0 Å². The Labute approximate surface area is 157 Å². The Bertz CT molecular complexity index is 624. The summed E-state index contributed by atoms with van der Waals surface area (Å²) in [5.41, 5.74) is 1.54. The minimum absolute atomic E-state index is 0.0123. The van der Waals surface area contributed by atoms with Gasteiger partial charge in [-0.2, -0.15) is 0 Å². The number of fused-ring (bicyclic) bond motifs is 3. The van der Waals surface area contributed by atoms with Crippen LogP contribution in [-0.4, -0.2) is 25.2 Å². The van der Waals surface area contributed by atoms with Gasteiger partial charge in [0.15, 0.2) is 0 Å². The van der Waals surface area contributed by atoms with Crippen molar-refractivity contribution in [1.82, 2.24) is 0 Å². The lowest BCUT2D eigenvalue weighted by molar-refractivity contribution is -0.170. The molecule has 2 saturated carbocycles. The van der Waals surface area contributed by atoms with Gasteiger partial charge in [-0.05, 0) is 73.7 Å². The summed E-state index contributed by atoms with van der Waals surface area (Å²) in [5.74, 6) is 0.862. The van der Waals surface area contributed by atoms with E-state index in [1.807, 2.05) is 0 Å². The molecule has 4 heteroatoms. The molecule has 0 aromatic heterocycles. The van der Waals surface area contributed by atoms with Crippen molar-refractivity contribution in [2.24, 2.45) is 34.5 Å². The Balaban J connectivity index is 1.98. The lowest BCUT2D eigenvalue weighted by Gasteiger charge is -2.62. The predicted octanol–water partition coefficient (Wildman–Crippen LogP) is 4.53. The number of methoxy groups -OCH3 is 1. The summed E-state index contributed by atoms with van der Waals surface area (Å²) >= 11 is 0. The predicted molar refractivity (Wildman–Crippen MR) is 100 cm³/mol. The normalized spacial score (nSPS) is 45.0. The molecule has 0 heterocycles. The molecule has 0 bridgehead atoms. The first-order valence-electron chi connectivity index (χ1n) is 10.1. The van der Waals surface area contributed by atoms with E-state index >= 15 is 0 Å². The Morgan fingerprint density at radius 2 is 1.88 bits per heavy atom. The smallest absolute Gasteiger partial charge is 0.309 e. The second kappa shape index (κ2) is 6.69. The van der Waals surface area contributed by atoms with Crippen LogP contribution in [0.25, 0.3) is 0 Å². The number of ether oxygens (including phenoxy) is 2. The van der Waals surface area contributed by atoms with Crippen molar-refractivity contribution < 1.29 is 19.1 Å². The van der Waals surface area contributed by atoms with Gasteiger partial charge in [-0.1, -0.05) is 26.3 Å². The Hall–Kier alpha value is -1.32. The maximum Gasteiger partial charge on any atom is 0.309 e. The summed E-state index contributed by atoms with van der Waals surface area (Å²) < 4.78 is 10.8. The zero-order chi connectivity index (χ0) is 19.3. The molecule has 0 aromatic carbocycles. The molecule has 0 saturated heterocycles. The number of hydrogen-bond donors (Lipinski definition) is 0. The fraction of sp³-hybridized carbons (Fsp3) is 0.818. The molecule has 7 atom stereocenters. The van der Waals surface area contributed by atoms with E-state index in [2.05, 4.69) is 33.8 Å². The molecule has 4 nitrogen and oxygen atoms in total. The minimum atomic E-state index is -0.218. The molecule has 3 aliphatic carbocycles. The zero-order valence-corrected chi connectivity index (χ0v) is 17.1. The van der Waals surface area contributed by atoms with Crippen molar-refractivity contribution in [3.8, 4) is 0 Å². The molecular weight excluding hydrogens is 328 g/mol. The minimum Gasteiger partial charge on any atom is -0.469 e. The lowest BCUT2D eigenvalue weighted by Crippen LogP contribution is -2.57. The molecule has 0 aliphatic heterocycles. The summed E-state index contributed by atoms with van der Waals surface area (Å²) in [6.45, 7) is 10.6. The van der Waals surface area contributed by atoms with Crippen LogP contribution >= 0.6 is 0 Å². The summed E-state index contributed by atoms with van der Waals surface area (Å²) in [6.07, 6.45) is 7.22. The van der Waals surface area contributed by atoms with Crippen molar-refractivity contribution in [3.05, 3.63) is 11.6 Å². The topological polar surface area (TPSA) is 52.6 Å². The van der Waals surface area contributed by atoms with Crippen LogP contribution in [0.5, 0.6) is 0 Å². The maximum absolute atomic E-state index is 12.6. The third kappa shape index (κ3) is 2.90. The third-order valence-corrected chi connectivity index (χ3v) is 8.17. The number of carbonyl (C=O) groups excluding carboxylic acids is 2. The second-order valence-corrected chi connectivity index (χ2v) is 9.42. The van der Waals surface area contributed by atoms with E-state index in [4.69, 9.17) is 9.47 Å². The quantitative estimate of drug-likeness (QED) is 0.535. The molecule has 0 aromatic rings. The third-order valence-electron chi connectivity index (χ3n) is 8.17. The van der Waals surface area contributed by atoms with E-state index < -0.39 is 0 Å². The van der Waals surface area contributed by atoms with Crippen LogP contribution in [0.2, 0.25) is 0 Å². The van der Waals surface area contributed by atoms with Gasteiger partial charge in [0, 0.05) is 6.92 Å². The highest BCUT2D eigenvalue weighted by Crippen LogP contribution is 2.66. The summed E-state index contributed by atoms with van der Waals surface area (Å²) in [7, 11) is 1.51. The van der Waals surface area contributed by atoms with E-state index in [-0.39, 0.29) is 34.8 Å². The van der Waals surface area contributed by atoms with Gasteiger partial charge < -0.3 is 9.47 Å². The van der Waals surface area contributed by atoms with Crippen molar-refractivity contribution in [3.63, 3.8) is 0 Å². The number of carbonyl (C=O) groups is 2. The number of rotatable bonds is 2. The molecule has 7 unspecified atom stereocenters. The largest absolute Gasteiger partial charge is 0.469 e. The van der Waals surface area contributed by atoms with Crippen molar-refractivity contribution in [2.45, 2.75) is 72.8 Å². The van der Waals surface area contributed by atoms with Gasteiger partial charge in [0.25, 0.3) is 0 Å². The van der Waals surface area contributed by atoms with Crippen LogP contribution in [0.4, 0.5) is 0 Å². The van der Waals surface area contributed by atoms with Crippen LogP contribution in [0.15, 0.2) is 11.6 Å². The van der Waals surface area contributed by atoms with Crippen molar-refractivity contribution in [2.75, 3.05) is 7.11 Å². The Morgan fingerprint density at radius 3 is 2.50 bits per heavy atom. The standard InChI is InChI=1S/C22H34O4/c1-13-7-9-22(5)17(19(13)20(24)25-6)8-10-21(4)14(2)11-16(12-18(21)22)26-15(3)23/h11,13,16-19H,7-10,12H2,1-6H3. The van der Waals surface area contributed by atoms with Crippen LogP contribution in [0.3, 0.4) is 0 Å². The van der Waals surface area contributed by atoms with Gasteiger partial charge in [0.2, 0.25) is 0 Å². The van der Waals surface area contributed by atoms with Gasteiger partial charge in [-0.15, -0.1) is 0 Å². The fourth-order valence-corrected chi connectivity index (χ4v) is 6.61. The molecule has 0 spiro atoms. The van der Waals surface area contributed by atoms with Crippen molar-refractivity contribution >= 4 is 11.9 Å². The fourth-order valence-electron chi connectivity index (χ4n) is 6.61. The number of allylic oxidation sites excluding steroid dienone is 1. The first-order valence-corrected chi connectivity index (χ1v) is 10.1. The van der Waals surface area contributed by atoms with Crippen LogP contribution in [-0.2, 0) is 19.1 Å². The molecule has 3 aliphatic rings. The van der Waals surface area contributed by atoms with E-state index in [0.29, 0.717) is 17.8 Å². The lowest BCUT2D eigenvalue weighted by atomic mass is 9.42. The average molecular weight is 363 g/mol. The monoisotopic (exact) mass is 362 g/mol. The number of hydrogen-bond acceptors (Lipinski definition) is 4. The van der Waals surface area contributed by atoms with Crippen LogP contribution < -0.4 is 0 Å². The summed E-state index contributed by atoms with van der Waals surface area (Å²) in [5, 5.41) is 0. The SMILES string of the molecule is COC(=O)C1C(C)CCC2(C)C1CCC1(C)C(C)=CC(OC(C)=O)CC12. The first-order chi connectivity index (χ1) is 12.1. The molecule has 26 heavy (non-hydrogen) atoms. The van der Waals surface area contributed by atoms with E-state index in [0.717, 1.165) is 32.1 Å².